The van der Waals surface area contributed by atoms with E-state index in [4.69, 9.17) is 5.73 Å². The summed E-state index contributed by atoms with van der Waals surface area (Å²) in [6.45, 7) is 3.04. The molecule has 3 aliphatic rings. The van der Waals surface area contributed by atoms with Crippen LogP contribution in [0.4, 0.5) is 16.2 Å². The number of phenolic OH excluding ortho intramolecular Hbond substituents is 1. The Morgan fingerprint density at radius 1 is 1.14 bits per heavy atom. The lowest BCUT2D eigenvalue weighted by atomic mass is 9.58. The summed E-state index contributed by atoms with van der Waals surface area (Å²) in [6.07, 6.45) is -1.89. The van der Waals surface area contributed by atoms with Crippen molar-refractivity contribution >= 4 is 45.3 Å². The van der Waals surface area contributed by atoms with Crippen LogP contribution in [0.1, 0.15) is 22.3 Å². The van der Waals surface area contributed by atoms with Gasteiger partial charge in [0.15, 0.2) is 17.1 Å². The average molecular weight is 639 g/mol. The van der Waals surface area contributed by atoms with Crippen molar-refractivity contribution in [3.8, 4) is 5.75 Å². The molecule has 2 amide bonds. The van der Waals surface area contributed by atoms with Crippen molar-refractivity contribution in [1.82, 2.24) is 4.90 Å². The minimum Gasteiger partial charge on any atom is -0.510 e. The second-order valence-electron chi connectivity index (χ2n) is 10.8. The van der Waals surface area contributed by atoms with Crippen molar-refractivity contribution in [3.63, 3.8) is 0 Å². The highest BCUT2D eigenvalue weighted by Crippen LogP contribution is 2.54. The summed E-state index contributed by atoms with van der Waals surface area (Å²) in [6, 6.07) is -0.141. The predicted molar refractivity (Wildman–Crippen MR) is 150 cm³/mol. The summed E-state index contributed by atoms with van der Waals surface area (Å²) < 4.78 is 32.8. The molecule has 238 valence electrons. The molecule has 0 bridgehead atoms. The molecule has 4 rings (SSSR count). The maximum atomic E-state index is 14.1. The number of ketones is 2. The number of benzene rings is 1. The lowest BCUT2D eigenvalue weighted by molar-refractivity contribution is -0.148. The van der Waals surface area contributed by atoms with Crippen LogP contribution in [0.5, 0.6) is 5.75 Å². The van der Waals surface area contributed by atoms with Crippen LogP contribution in [-0.2, 0) is 34.9 Å². The lowest BCUT2D eigenvalue weighted by Gasteiger charge is -2.50. The van der Waals surface area contributed by atoms with E-state index in [9.17, 15) is 53.1 Å². The fourth-order valence-corrected chi connectivity index (χ4v) is 6.73. The molecule has 0 saturated carbocycles. The van der Waals surface area contributed by atoms with E-state index in [1.165, 1.54) is 38.0 Å². The number of aliphatic hydroxyl groups excluding tert-OH is 2. The van der Waals surface area contributed by atoms with Gasteiger partial charge < -0.3 is 40.3 Å². The molecule has 18 heteroatoms. The van der Waals surface area contributed by atoms with E-state index in [0.717, 1.165) is 6.07 Å². The highest BCUT2D eigenvalue weighted by atomic mass is 32.3. The van der Waals surface area contributed by atoms with Gasteiger partial charge >= 0.3 is 16.5 Å². The SMILES string of the molecule is C=COS(=O)(=O)ON(C(=O)O)c1cc(N(C)C)c2c(c1O)C(=O)C1=C(O)C3(O)C(=O)C(C(N)=O)=C(O)C(N(C)C)C3CC1C2. The van der Waals surface area contributed by atoms with Crippen LogP contribution in [0.3, 0.4) is 0 Å². The number of Topliss-reactive ketones (excluding diaryl/α,β-unsaturated/α-hetero) is 2. The number of phenols is 1. The second-order valence-corrected chi connectivity index (χ2v) is 12.0. The number of carbonyl (C=O) groups is 4. The first kappa shape index (κ1) is 32.3. The Hall–Kier alpha value is -4.65. The molecule has 0 radical (unpaired) electrons. The number of likely N-dealkylation sites (N-methyl/N-ethyl adjacent to an activating group) is 1. The molecule has 4 atom stereocenters. The first-order valence-corrected chi connectivity index (χ1v) is 14.1. The van der Waals surface area contributed by atoms with E-state index < -0.39 is 97.1 Å². The third-order valence-corrected chi connectivity index (χ3v) is 8.61. The molecule has 1 aromatic carbocycles. The molecule has 0 spiro atoms. The van der Waals surface area contributed by atoms with E-state index >= 15 is 0 Å². The minimum absolute atomic E-state index is 0.109. The molecule has 7 N–H and O–H groups in total. The number of rotatable bonds is 8. The maximum absolute atomic E-state index is 14.1. The molecule has 0 aromatic heterocycles. The first-order chi connectivity index (χ1) is 20.3. The third-order valence-electron chi connectivity index (χ3n) is 7.90. The monoisotopic (exact) mass is 638 g/mol. The fourth-order valence-electron chi connectivity index (χ4n) is 6.21. The zero-order valence-corrected chi connectivity index (χ0v) is 24.7. The molecule has 4 unspecified atom stereocenters. The van der Waals surface area contributed by atoms with Crippen molar-refractivity contribution in [2.24, 2.45) is 17.6 Å². The number of hydrogen-bond acceptors (Lipinski definition) is 14. The Balaban J connectivity index is 1.99. The van der Waals surface area contributed by atoms with E-state index in [1.807, 2.05) is 0 Å². The summed E-state index contributed by atoms with van der Waals surface area (Å²) >= 11 is 0. The number of aromatic hydroxyl groups is 1. The third kappa shape index (κ3) is 4.71. The summed E-state index contributed by atoms with van der Waals surface area (Å²) in [5.74, 6) is -9.04. The van der Waals surface area contributed by atoms with Gasteiger partial charge in [-0.05, 0) is 44.5 Å². The van der Waals surface area contributed by atoms with Crippen molar-refractivity contribution in [1.29, 1.82) is 0 Å². The van der Waals surface area contributed by atoms with Gasteiger partial charge in [-0.1, -0.05) is 6.58 Å². The first-order valence-electron chi connectivity index (χ1n) is 12.8. The van der Waals surface area contributed by atoms with Gasteiger partial charge in [0, 0.05) is 31.3 Å². The number of primary amides is 1. The van der Waals surface area contributed by atoms with Gasteiger partial charge in [-0.2, -0.15) is 8.42 Å². The number of allylic oxidation sites excluding steroid dienone is 1. The van der Waals surface area contributed by atoms with Crippen LogP contribution in [-0.4, -0.2) is 102 Å². The Morgan fingerprint density at radius 2 is 1.75 bits per heavy atom. The van der Waals surface area contributed by atoms with E-state index in [1.54, 1.807) is 0 Å². The van der Waals surface area contributed by atoms with Crippen molar-refractivity contribution in [3.05, 3.63) is 52.7 Å². The van der Waals surface area contributed by atoms with E-state index in [2.05, 4.69) is 15.0 Å². The predicted octanol–water partition coefficient (Wildman–Crippen LogP) is 0.00750. The van der Waals surface area contributed by atoms with Crippen molar-refractivity contribution in [2.45, 2.75) is 24.5 Å². The Morgan fingerprint density at radius 3 is 2.25 bits per heavy atom. The average Bonchev–Trinajstić information content (AvgIpc) is 2.89. The maximum Gasteiger partial charge on any atom is 0.470 e. The van der Waals surface area contributed by atoms with Crippen molar-refractivity contribution < 1.29 is 61.6 Å². The standard InChI is InChI=1S/C26H30N4O13S/c1-6-42-44(40,41)43-30(25(37)38)14-9-13(28(2)3)11-7-10-8-12-18(29(4)5)21(33)17(24(27)36)23(35)26(12,39)22(34)15(10)20(32)16(11)19(14)31/h6,9-10,12,18,31,33-34,39H,1,7-8H2,2-5H3,(H2,27,36)(H,37,38). The van der Waals surface area contributed by atoms with Crippen LogP contribution in [0.2, 0.25) is 0 Å². The smallest absolute Gasteiger partial charge is 0.470 e. The summed E-state index contributed by atoms with van der Waals surface area (Å²) in [7, 11) is 0.959. The topological polar surface area (TPSA) is 258 Å². The summed E-state index contributed by atoms with van der Waals surface area (Å²) in [5, 5.41) is 54.7. The van der Waals surface area contributed by atoms with Gasteiger partial charge in [-0.3, -0.25) is 19.3 Å². The molecule has 44 heavy (non-hydrogen) atoms. The highest BCUT2D eigenvalue weighted by Gasteiger charge is 2.63. The largest absolute Gasteiger partial charge is 0.510 e. The highest BCUT2D eigenvalue weighted by molar-refractivity contribution is 7.82. The Labute approximate surface area is 250 Å². The summed E-state index contributed by atoms with van der Waals surface area (Å²) in [5.41, 5.74) is -0.169. The molecule has 0 saturated heterocycles. The van der Waals surface area contributed by atoms with E-state index in [0.29, 0.717) is 6.26 Å². The van der Waals surface area contributed by atoms with E-state index in [-0.39, 0.29) is 29.2 Å². The Kier molecular flexibility index (Phi) is 7.93. The minimum atomic E-state index is -5.06. The second kappa shape index (κ2) is 10.8. The molecular weight excluding hydrogens is 608 g/mol. The molecular formula is C26H30N4O13S. The molecule has 0 aliphatic heterocycles. The Bertz CT molecular complexity index is 1680. The number of anilines is 2. The van der Waals surface area contributed by atoms with Gasteiger partial charge in [-0.25, -0.2) is 4.79 Å². The van der Waals surface area contributed by atoms with Gasteiger partial charge in [0.05, 0.1) is 11.6 Å². The molecule has 3 aliphatic carbocycles. The van der Waals surface area contributed by atoms with Crippen LogP contribution >= 0.6 is 0 Å². The van der Waals surface area contributed by atoms with Crippen LogP contribution in [0.15, 0.2) is 41.6 Å². The number of carboxylic acid groups (broad SMARTS) is 1. The number of aliphatic hydroxyl groups is 3. The number of hydrogen-bond donors (Lipinski definition) is 6. The number of nitrogens with two attached hydrogens (primary N) is 1. The fraction of sp³-hybridized carbons (Fsp3) is 0.385. The number of nitrogens with zero attached hydrogens (tertiary/aromatic N) is 3. The van der Waals surface area contributed by atoms with Gasteiger partial charge in [-0.15, -0.1) is 9.35 Å². The van der Waals surface area contributed by atoms with Gasteiger partial charge in [0.2, 0.25) is 5.78 Å². The number of amides is 2. The quantitative estimate of drug-likeness (QED) is 0.124. The summed E-state index contributed by atoms with van der Waals surface area (Å²) in [4.78, 5) is 54.5. The molecule has 17 nitrogen and oxygen atoms in total. The normalized spacial score (nSPS) is 24.8. The van der Waals surface area contributed by atoms with Crippen LogP contribution < -0.4 is 15.7 Å². The van der Waals surface area contributed by atoms with Crippen LogP contribution in [0.25, 0.3) is 0 Å². The van der Waals surface area contributed by atoms with Gasteiger partial charge in [0.1, 0.15) is 29.0 Å². The molecule has 0 heterocycles. The lowest BCUT2D eigenvalue weighted by Crippen LogP contribution is -2.63. The number of fused-ring (bicyclic) bond motifs is 3. The zero-order chi connectivity index (χ0) is 33.2. The van der Waals surface area contributed by atoms with Crippen molar-refractivity contribution in [2.75, 3.05) is 38.2 Å². The van der Waals surface area contributed by atoms with Crippen LogP contribution in [0, 0.1) is 11.8 Å². The number of carbonyl (C=O) groups excluding carboxylic acids is 3. The molecule has 1 aromatic rings. The molecule has 0 fully saturated rings. The van der Waals surface area contributed by atoms with Gasteiger partial charge in [0.25, 0.3) is 5.91 Å². The number of hydroxylamine groups is 1. The zero-order valence-electron chi connectivity index (χ0n) is 23.8.